The van der Waals surface area contributed by atoms with E-state index in [0.29, 0.717) is 5.41 Å². The van der Waals surface area contributed by atoms with Crippen molar-refractivity contribution in [2.24, 2.45) is 0 Å². The van der Waals surface area contributed by atoms with Crippen LogP contribution in [0.5, 0.6) is 0 Å². The molecule has 2 saturated carbocycles. The van der Waals surface area contributed by atoms with E-state index in [1.807, 2.05) is 11.3 Å². The summed E-state index contributed by atoms with van der Waals surface area (Å²) in [6, 6.07) is 0.798. The molecule has 0 saturated heterocycles. The van der Waals surface area contributed by atoms with Gasteiger partial charge < -0.3 is 5.32 Å². The van der Waals surface area contributed by atoms with Gasteiger partial charge in [-0.25, -0.2) is 4.98 Å². The predicted molar refractivity (Wildman–Crippen MR) is 67.9 cm³/mol. The zero-order valence-corrected chi connectivity index (χ0v) is 11.0. The van der Waals surface area contributed by atoms with Crippen molar-refractivity contribution in [3.8, 4) is 0 Å². The Morgan fingerprint density at radius 2 is 2.19 bits per heavy atom. The molecule has 0 spiro atoms. The minimum absolute atomic E-state index is 0.437. The van der Waals surface area contributed by atoms with Crippen molar-refractivity contribution in [3.63, 3.8) is 0 Å². The molecule has 0 aliphatic heterocycles. The number of hydrogen-bond acceptors (Lipinski definition) is 3. The van der Waals surface area contributed by atoms with E-state index >= 15 is 0 Å². The molecule has 1 aromatic rings. The van der Waals surface area contributed by atoms with Crippen molar-refractivity contribution in [3.05, 3.63) is 15.6 Å². The summed E-state index contributed by atoms with van der Waals surface area (Å²) in [6.45, 7) is 5.61. The predicted octanol–water partition coefficient (Wildman–Crippen LogP) is 3.01. The van der Waals surface area contributed by atoms with Crippen molar-refractivity contribution in [1.29, 1.82) is 0 Å². The second-order valence-corrected chi connectivity index (χ2v) is 6.54. The standard InChI is InChI=1S/C13H20N2S/c1-3-10-11(8-14-9-4-5-9)16-12(15-10)13(2)6-7-13/h9,14H,3-8H2,1-2H3. The van der Waals surface area contributed by atoms with Crippen molar-refractivity contribution < 1.29 is 0 Å². The van der Waals surface area contributed by atoms with Gasteiger partial charge in [-0.1, -0.05) is 13.8 Å². The van der Waals surface area contributed by atoms with Crippen LogP contribution in [0.2, 0.25) is 0 Å². The maximum absolute atomic E-state index is 4.84. The lowest BCUT2D eigenvalue weighted by atomic mass is 10.1. The van der Waals surface area contributed by atoms with Gasteiger partial charge in [-0.05, 0) is 32.1 Å². The molecular weight excluding hydrogens is 216 g/mol. The highest BCUT2D eigenvalue weighted by molar-refractivity contribution is 7.12. The van der Waals surface area contributed by atoms with Crippen LogP contribution in [-0.2, 0) is 18.4 Å². The highest BCUT2D eigenvalue weighted by Gasteiger charge is 2.42. The monoisotopic (exact) mass is 236 g/mol. The van der Waals surface area contributed by atoms with Gasteiger partial charge in [0.05, 0.1) is 10.7 Å². The molecule has 0 atom stereocenters. The van der Waals surface area contributed by atoms with Crippen molar-refractivity contribution >= 4 is 11.3 Å². The van der Waals surface area contributed by atoms with Crippen LogP contribution in [0.4, 0.5) is 0 Å². The minimum atomic E-state index is 0.437. The molecule has 88 valence electrons. The topological polar surface area (TPSA) is 24.9 Å². The normalized spacial score (nSPS) is 22.4. The summed E-state index contributed by atoms with van der Waals surface area (Å²) in [5.74, 6) is 0. The zero-order valence-electron chi connectivity index (χ0n) is 10.2. The summed E-state index contributed by atoms with van der Waals surface area (Å²) in [5.41, 5.74) is 1.77. The average molecular weight is 236 g/mol. The number of nitrogens with one attached hydrogen (secondary N) is 1. The number of thiazole rings is 1. The number of hydrogen-bond donors (Lipinski definition) is 1. The molecule has 3 rings (SSSR count). The molecule has 0 amide bonds. The lowest BCUT2D eigenvalue weighted by molar-refractivity contribution is 0.688. The molecule has 0 radical (unpaired) electrons. The van der Waals surface area contributed by atoms with E-state index < -0.39 is 0 Å². The third-order valence-electron chi connectivity index (χ3n) is 3.76. The van der Waals surface area contributed by atoms with Crippen LogP contribution in [0.3, 0.4) is 0 Å². The second-order valence-electron chi connectivity index (χ2n) is 5.46. The lowest BCUT2D eigenvalue weighted by Crippen LogP contribution is -2.15. The Labute approximate surface area is 101 Å². The third kappa shape index (κ3) is 2.03. The molecule has 2 nitrogen and oxygen atoms in total. The minimum Gasteiger partial charge on any atom is -0.309 e. The van der Waals surface area contributed by atoms with E-state index in [2.05, 4.69) is 19.2 Å². The molecular formula is C13H20N2S. The van der Waals surface area contributed by atoms with Crippen molar-refractivity contribution in [2.45, 2.75) is 64.0 Å². The first-order valence-electron chi connectivity index (χ1n) is 6.44. The molecule has 0 unspecified atom stereocenters. The fourth-order valence-corrected chi connectivity index (χ4v) is 3.28. The van der Waals surface area contributed by atoms with Gasteiger partial charge in [-0.3, -0.25) is 0 Å². The fourth-order valence-electron chi connectivity index (χ4n) is 1.98. The Balaban J connectivity index is 1.76. The Kier molecular flexibility index (Phi) is 2.55. The van der Waals surface area contributed by atoms with Gasteiger partial charge in [-0.2, -0.15) is 0 Å². The summed E-state index contributed by atoms with van der Waals surface area (Å²) in [4.78, 5) is 6.32. The van der Waals surface area contributed by atoms with E-state index in [4.69, 9.17) is 4.98 Å². The smallest absolute Gasteiger partial charge is 0.0990 e. The van der Waals surface area contributed by atoms with Crippen molar-refractivity contribution in [2.75, 3.05) is 0 Å². The maximum Gasteiger partial charge on any atom is 0.0990 e. The highest BCUT2D eigenvalue weighted by atomic mass is 32.1. The Morgan fingerprint density at radius 1 is 1.44 bits per heavy atom. The zero-order chi connectivity index (χ0) is 11.2. The van der Waals surface area contributed by atoms with Crippen LogP contribution in [-0.4, -0.2) is 11.0 Å². The van der Waals surface area contributed by atoms with Gasteiger partial charge in [0.1, 0.15) is 0 Å². The van der Waals surface area contributed by atoms with E-state index in [0.717, 1.165) is 19.0 Å². The fraction of sp³-hybridized carbons (Fsp3) is 0.769. The van der Waals surface area contributed by atoms with Gasteiger partial charge in [-0.15, -0.1) is 11.3 Å². The van der Waals surface area contributed by atoms with Gasteiger partial charge >= 0.3 is 0 Å². The Bertz CT molecular complexity index is 389. The van der Waals surface area contributed by atoms with E-state index in [9.17, 15) is 0 Å². The molecule has 1 aromatic heterocycles. The van der Waals surface area contributed by atoms with Gasteiger partial charge in [0.15, 0.2) is 0 Å². The number of aromatic nitrogens is 1. The third-order valence-corrected chi connectivity index (χ3v) is 5.16. The number of aryl methyl sites for hydroxylation is 1. The summed E-state index contributed by atoms with van der Waals surface area (Å²) in [5, 5.41) is 4.99. The Morgan fingerprint density at radius 3 is 2.75 bits per heavy atom. The first-order chi connectivity index (χ1) is 7.71. The molecule has 0 bridgehead atoms. The van der Waals surface area contributed by atoms with Gasteiger partial charge in [0, 0.05) is 22.9 Å². The maximum atomic E-state index is 4.84. The number of rotatable bonds is 5. The summed E-state index contributed by atoms with van der Waals surface area (Å²) in [7, 11) is 0. The molecule has 0 aromatic carbocycles. The quantitative estimate of drug-likeness (QED) is 0.850. The summed E-state index contributed by atoms with van der Waals surface area (Å²) < 4.78 is 0. The SMILES string of the molecule is CCc1nc(C2(C)CC2)sc1CNC1CC1. The van der Waals surface area contributed by atoms with Crippen LogP contribution >= 0.6 is 11.3 Å². The van der Waals surface area contributed by atoms with Crippen LogP contribution < -0.4 is 5.32 Å². The van der Waals surface area contributed by atoms with Gasteiger partial charge in [0.2, 0.25) is 0 Å². The molecule has 1 N–H and O–H groups in total. The highest BCUT2D eigenvalue weighted by Crippen LogP contribution is 2.49. The molecule has 2 aliphatic carbocycles. The van der Waals surface area contributed by atoms with Crippen LogP contribution in [0, 0.1) is 0 Å². The molecule has 1 heterocycles. The van der Waals surface area contributed by atoms with E-state index in [1.54, 1.807) is 0 Å². The number of nitrogens with zero attached hydrogens (tertiary/aromatic N) is 1. The Hall–Kier alpha value is -0.410. The average Bonchev–Trinajstić information content (AvgIpc) is 3.19. The lowest BCUT2D eigenvalue weighted by Gasteiger charge is -2.01. The second kappa shape index (κ2) is 3.81. The molecule has 16 heavy (non-hydrogen) atoms. The summed E-state index contributed by atoms with van der Waals surface area (Å²) >= 11 is 1.95. The van der Waals surface area contributed by atoms with Crippen LogP contribution in [0.25, 0.3) is 0 Å². The molecule has 2 fully saturated rings. The summed E-state index contributed by atoms with van der Waals surface area (Å²) in [6.07, 6.45) is 6.47. The largest absolute Gasteiger partial charge is 0.309 e. The van der Waals surface area contributed by atoms with Crippen molar-refractivity contribution in [1.82, 2.24) is 10.3 Å². The van der Waals surface area contributed by atoms with E-state index in [-0.39, 0.29) is 0 Å². The van der Waals surface area contributed by atoms with Crippen LogP contribution in [0.1, 0.15) is 55.1 Å². The van der Waals surface area contributed by atoms with Gasteiger partial charge in [0.25, 0.3) is 0 Å². The van der Waals surface area contributed by atoms with Crippen LogP contribution in [0.15, 0.2) is 0 Å². The molecule has 2 aliphatic rings. The molecule has 3 heteroatoms. The first kappa shape index (κ1) is 10.7. The van der Waals surface area contributed by atoms with E-state index in [1.165, 1.54) is 41.3 Å². The first-order valence-corrected chi connectivity index (χ1v) is 7.25.